The molecule has 12 unspecified atom stereocenters. The number of carbonyl (C=O) groups excluding carboxylic acids is 9. The molecule has 1 saturated carbocycles. The number of nitrogens with one attached hydrogen (secondary N) is 3. The molecule has 19 nitrogen and oxygen atoms in total. The lowest BCUT2D eigenvalue weighted by Gasteiger charge is -2.37. The number of likely N-dealkylation sites (tertiary alicyclic amines) is 1. The van der Waals surface area contributed by atoms with Gasteiger partial charge in [0.1, 0.15) is 5.78 Å². The Kier molecular flexibility index (Phi) is 26.3. The number of nitrogens with zero attached hydrogens (tertiary/aromatic N) is 4. The lowest BCUT2D eigenvalue weighted by molar-refractivity contribution is -0.203. The van der Waals surface area contributed by atoms with Crippen molar-refractivity contribution in [2.24, 2.45) is 52.3 Å². The summed E-state index contributed by atoms with van der Waals surface area (Å²) in [5.41, 5.74) is 4.46. The third kappa shape index (κ3) is 17.9. The number of ketones is 2. The van der Waals surface area contributed by atoms with E-state index in [1.54, 1.807) is 33.1 Å². The first-order valence-corrected chi connectivity index (χ1v) is 31.3. The van der Waals surface area contributed by atoms with E-state index in [1.165, 1.54) is 12.2 Å². The Balaban J connectivity index is 1.13. The van der Waals surface area contributed by atoms with Crippen LogP contribution in [0.4, 0.5) is 0 Å². The summed E-state index contributed by atoms with van der Waals surface area (Å²) >= 11 is 0. The number of imide groups is 1. The third-order valence-corrected chi connectivity index (χ3v) is 19.1. The Labute approximate surface area is 501 Å². The fourth-order valence-electron chi connectivity index (χ4n) is 13.1. The van der Waals surface area contributed by atoms with Gasteiger partial charge in [-0.15, -0.1) is 0 Å². The van der Waals surface area contributed by atoms with Crippen LogP contribution in [0.5, 0.6) is 0 Å². The molecule has 12 atom stereocenters. The van der Waals surface area contributed by atoms with E-state index in [0.29, 0.717) is 64.8 Å². The van der Waals surface area contributed by atoms with E-state index in [2.05, 4.69) is 49.1 Å². The molecule has 7 amide bonds. The van der Waals surface area contributed by atoms with Crippen molar-refractivity contribution < 1.29 is 57.5 Å². The van der Waals surface area contributed by atoms with Gasteiger partial charge in [-0.3, -0.25) is 68.6 Å². The first-order valence-electron chi connectivity index (χ1n) is 31.3. The van der Waals surface area contributed by atoms with Gasteiger partial charge in [-0.1, -0.05) is 113 Å². The number of benzene rings is 1. The third-order valence-electron chi connectivity index (χ3n) is 19.1. The monoisotopic (exact) mass is 1170 g/mol. The molecule has 0 bridgehead atoms. The largest absolute Gasteiger partial charge is 0.381 e. The molecule has 3 aliphatic heterocycles. The molecule has 5 rings (SSSR count). The molecule has 2 saturated heterocycles. The van der Waals surface area contributed by atoms with Crippen molar-refractivity contribution in [3.05, 3.63) is 48.0 Å². The van der Waals surface area contributed by atoms with Crippen molar-refractivity contribution in [1.29, 1.82) is 0 Å². The van der Waals surface area contributed by atoms with E-state index in [1.807, 2.05) is 76.6 Å². The number of rotatable bonds is 34. The summed E-state index contributed by atoms with van der Waals surface area (Å²) in [5, 5.41) is 4.68. The second-order valence-electron chi connectivity index (χ2n) is 26.1. The fraction of sp³-hybridized carbons (Fsp3) is 0.738. The maximum absolute atomic E-state index is 14.6. The number of hydrazine groups is 1. The lowest BCUT2D eigenvalue weighted by Crippen LogP contribution is -2.55. The number of hydroxylamine groups is 2. The molecule has 3 N–H and O–H groups in total. The summed E-state index contributed by atoms with van der Waals surface area (Å²) in [7, 11) is 5.07. The number of amides is 7. The Morgan fingerprint density at radius 3 is 2.10 bits per heavy atom. The first-order chi connectivity index (χ1) is 39.7. The molecule has 1 aromatic carbocycles. The average molecular weight is 1170 g/mol. The molecular weight excluding hydrogens is 1070 g/mol. The van der Waals surface area contributed by atoms with Crippen molar-refractivity contribution in [2.45, 2.75) is 202 Å². The lowest BCUT2D eigenvalue weighted by atomic mass is 9.74. The van der Waals surface area contributed by atoms with Crippen LogP contribution in [0.1, 0.15) is 178 Å². The van der Waals surface area contributed by atoms with Crippen LogP contribution in [-0.2, 0) is 57.5 Å². The van der Waals surface area contributed by atoms with E-state index in [9.17, 15) is 43.2 Å². The van der Waals surface area contributed by atoms with Crippen LogP contribution < -0.4 is 16.2 Å². The number of ether oxygens (including phenoxy) is 2. The fourth-order valence-corrected chi connectivity index (χ4v) is 13.1. The summed E-state index contributed by atoms with van der Waals surface area (Å²) in [6.45, 7) is 23.3. The van der Waals surface area contributed by atoms with Gasteiger partial charge in [0.05, 0.1) is 48.8 Å². The van der Waals surface area contributed by atoms with Gasteiger partial charge in [-0.2, -0.15) is 0 Å². The number of Topliss-reactive ketones (excluding diaryl/α,β-unsaturated/α-hetero) is 2. The highest BCUT2D eigenvalue weighted by Gasteiger charge is 2.61. The SMILES string of the molecule is CCC(C)C(CC(C)C(C)C(=O)C(NC(=O)C(C(C)C)N(C)CCCC(=O)NNC(=O)C(C)(C)CCN1C(=O)C=CC1=O)C(C)C)C(CC(=O)N1CCCC1C(OC)C(C)C(=O)CCCC1(C(=O)N2CCCCO2)CC1c1ccccc1)OC. The Morgan fingerprint density at radius 1 is 0.821 bits per heavy atom. The van der Waals surface area contributed by atoms with Gasteiger partial charge in [0, 0.05) is 76.1 Å². The minimum Gasteiger partial charge on any atom is -0.381 e. The molecule has 0 aromatic heterocycles. The summed E-state index contributed by atoms with van der Waals surface area (Å²) in [5.74, 6) is -3.32. The highest BCUT2D eigenvalue weighted by molar-refractivity contribution is 6.12. The highest BCUT2D eigenvalue weighted by Crippen LogP contribution is 2.63. The Hall–Kier alpha value is -5.37. The predicted molar refractivity (Wildman–Crippen MR) is 321 cm³/mol. The zero-order valence-electron chi connectivity index (χ0n) is 53.2. The van der Waals surface area contributed by atoms with Gasteiger partial charge < -0.3 is 19.7 Å². The average Bonchev–Trinajstić information content (AvgIpc) is 1.68. The second-order valence-corrected chi connectivity index (χ2v) is 26.1. The van der Waals surface area contributed by atoms with E-state index in [4.69, 9.17) is 14.3 Å². The molecule has 470 valence electrons. The standard InChI is InChI=1S/C65H103N7O12/c1-15-43(6)48(38-44(7)45(8)59(78)57(41(2)3)66-61(79)58(42(4)5)69(12)33-23-28-53(74)67-68-62(80)64(10,11)32-36-71-54(75)29-30-55(71)76)52(82-13)39-56(77)70-34-22-26-50(70)60(83-14)46(9)51(73)27-21-31-65(63(81)72-35-19-20-37-84-72)40-49(65)47-24-17-16-18-25-47/h16-18,24-25,29-30,41-46,48-50,52,57-58,60H,15,19-23,26-28,31-40H2,1-14H3,(H,66,79)(H,67,74)(H,68,80). The normalized spacial score (nSPS) is 22.3. The molecule has 3 fully saturated rings. The Morgan fingerprint density at radius 2 is 1.50 bits per heavy atom. The van der Waals surface area contributed by atoms with Crippen molar-refractivity contribution in [2.75, 3.05) is 54.1 Å². The maximum atomic E-state index is 14.6. The minimum absolute atomic E-state index is 0.0193. The number of methoxy groups -OCH3 is 2. The molecule has 84 heavy (non-hydrogen) atoms. The summed E-state index contributed by atoms with van der Waals surface area (Å²) in [6.07, 6.45) is 9.14. The van der Waals surface area contributed by atoms with Gasteiger partial charge in [0.2, 0.25) is 23.6 Å². The molecule has 1 aliphatic carbocycles. The van der Waals surface area contributed by atoms with Gasteiger partial charge in [-0.25, -0.2) is 5.06 Å². The van der Waals surface area contributed by atoms with Crippen LogP contribution in [0, 0.1) is 52.3 Å². The number of hydrogen-bond acceptors (Lipinski definition) is 13. The van der Waals surface area contributed by atoms with Crippen LogP contribution >= 0.6 is 0 Å². The molecule has 3 heterocycles. The maximum Gasteiger partial charge on any atom is 0.253 e. The van der Waals surface area contributed by atoms with Crippen LogP contribution in [0.2, 0.25) is 0 Å². The minimum atomic E-state index is -0.990. The van der Waals surface area contributed by atoms with E-state index in [-0.39, 0.29) is 96.6 Å². The van der Waals surface area contributed by atoms with Crippen LogP contribution in [0.25, 0.3) is 0 Å². The van der Waals surface area contributed by atoms with Crippen molar-refractivity contribution in [3.8, 4) is 0 Å². The van der Waals surface area contributed by atoms with E-state index in [0.717, 1.165) is 42.6 Å². The number of hydrogen-bond donors (Lipinski definition) is 3. The number of carbonyl (C=O) groups is 9. The molecule has 0 spiro atoms. The summed E-state index contributed by atoms with van der Waals surface area (Å²) in [6, 6.07) is 8.47. The zero-order chi connectivity index (χ0) is 62.2. The topological polar surface area (TPSA) is 230 Å². The van der Waals surface area contributed by atoms with Crippen molar-refractivity contribution >= 4 is 52.9 Å². The molecule has 1 aromatic rings. The van der Waals surface area contributed by atoms with E-state index < -0.39 is 70.6 Å². The molecule has 0 radical (unpaired) electrons. The van der Waals surface area contributed by atoms with Gasteiger partial charge >= 0.3 is 0 Å². The van der Waals surface area contributed by atoms with Crippen LogP contribution in [-0.4, -0.2) is 157 Å². The van der Waals surface area contributed by atoms with E-state index >= 15 is 0 Å². The quantitative estimate of drug-likeness (QED) is 0.0443. The van der Waals surface area contributed by atoms with Gasteiger partial charge in [-0.05, 0) is 119 Å². The van der Waals surface area contributed by atoms with Gasteiger partial charge in [0.15, 0.2) is 5.78 Å². The number of likely N-dealkylation sites (N-methyl/N-ethyl adjacent to an activating group) is 1. The van der Waals surface area contributed by atoms with Crippen LogP contribution in [0.15, 0.2) is 42.5 Å². The van der Waals surface area contributed by atoms with Crippen molar-refractivity contribution in [1.82, 2.24) is 35.9 Å². The summed E-state index contributed by atoms with van der Waals surface area (Å²) < 4.78 is 12.3. The van der Waals surface area contributed by atoms with Crippen molar-refractivity contribution in [3.63, 3.8) is 0 Å². The predicted octanol–water partition coefficient (Wildman–Crippen LogP) is 7.76. The molecular formula is C65H103N7O12. The first kappa shape index (κ1) is 69.4. The molecule has 19 heteroatoms. The Bertz CT molecular complexity index is 2430. The molecule has 4 aliphatic rings. The second kappa shape index (κ2) is 31.9. The zero-order valence-corrected chi connectivity index (χ0v) is 53.2. The smallest absolute Gasteiger partial charge is 0.253 e. The summed E-state index contributed by atoms with van der Waals surface area (Å²) in [4.78, 5) is 132. The highest BCUT2D eigenvalue weighted by atomic mass is 16.7. The van der Waals surface area contributed by atoms with Crippen LogP contribution in [0.3, 0.4) is 0 Å². The van der Waals surface area contributed by atoms with Gasteiger partial charge in [0.25, 0.3) is 17.7 Å².